The minimum absolute atomic E-state index is 0.864. The molecule has 592 valence electrons. The van der Waals surface area contributed by atoms with Crippen LogP contribution in [0.4, 0.5) is 0 Å². The van der Waals surface area contributed by atoms with Crippen LogP contribution in [0.3, 0.4) is 0 Å². The minimum Gasteiger partial charge on any atom is -0.477 e. The summed E-state index contributed by atoms with van der Waals surface area (Å²) in [6.45, 7) is -3.50. The zero-order valence-corrected chi connectivity index (χ0v) is 55.3. The Bertz CT molecular complexity index is 2650. The molecule has 0 bridgehead atoms. The van der Waals surface area contributed by atoms with E-state index in [0.717, 1.165) is 20.8 Å². The predicted molar refractivity (Wildman–Crippen MR) is 316 cm³/mol. The number of carboxylic acid groups (broad SMARTS) is 1. The summed E-state index contributed by atoms with van der Waals surface area (Å²) in [6, 6.07) is -5.68. The lowest BCUT2D eigenvalue weighted by Crippen LogP contribution is -2.71. The highest BCUT2D eigenvalue weighted by atomic mass is 16.8. The van der Waals surface area contributed by atoms with E-state index in [2.05, 4.69) is 16.0 Å². The Morgan fingerprint density at radius 1 is 0.451 bits per heavy atom. The van der Waals surface area contributed by atoms with Gasteiger partial charge in [-0.2, -0.15) is 0 Å². The Morgan fingerprint density at radius 3 is 1.31 bits per heavy atom. The number of carbonyl (C=O) groups excluding carboxylic acids is 3. The second-order valence-corrected chi connectivity index (χ2v) is 25.8. The third-order valence-electron chi connectivity index (χ3n) is 18.4. The Balaban J connectivity index is 1.33. The van der Waals surface area contributed by atoms with Crippen LogP contribution in [0.1, 0.15) is 41.0 Å². The minimum atomic E-state index is -3.19. The van der Waals surface area contributed by atoms with Gasteiger partial charge < -0.3 is 205 Å². The number of carbonyl (C=O) groups is 4. The van der Waals surface area contributed by atoms with E-state index >= 15 is 0 Å². The Kier molecular flexibility index (Phi) is 31.1. The summed E-state index contributed by atoms with van der Waals surface area (Å²) in [6.07, 6.45) is -79.2. The smallest absolute Gasteiger partial charge is 0.364 e. The summed E-state index contributed by atoms with van der Waals surface area (Å²) in [4.78, 5) is 51.2. The van der Waals surface area contributed by atoms with E-state index in [1.165, 1.54) is 13.8 Å². The topological polar surface area (TPSA) is 719 Å². The first-order valence-electron chi connectivity index (χ1n) is 32.4. The number of rotatable bonds is 30. The van der Waals surface area contributed by atoms with Crippen molar-refractivity contribution in [2.45, 2.75) is 286 Å². The summed E-state index contributed by atoms with van der Waals surface area (Å²) in [7, 11) is 0. The largest absolute Gasteiger partial charge is 0.477 e. The molecule has 0 aromatic heterocycles. The Labute approximate surface area is 578 Å². The van der Waals surface area contributed by atoms with Crippen LogP contribution < -0.4 is 16.0 Å². The van der Waals surface area contributed by atoms with Gasteiger partial charge in [-0.15, -0.1) is 0 Å². The first kappa shape index (κ1) is 85.6. The van der Waals surface area contributed by atoms with E-state index in [-0.39, 0.29) is 0 Å². The molecule has 0 aliphatic carbocycles. The highest BCUT2D eigenvalue weighted by Gasteiger charge is 2.61. The van der Waals surface area contributed by atoms with Gasteiger partial charge in [0.05, 0.1) is 76.6 Å². The fourth-order valence-electron chi connectivity index (χ4n) is 12.7. The van der Waals surface area contributed by atoms with Crippen molar-refractivity contribution in [3.05, 3.63) is 0 Å². The van der Waals surface area contributed by atoms with Gasteiger partial charge >= 0.3 is 5.97 Å². The number of hydrogen-bond acceptors (Lipinski definition) is 41. The van der Waals surface area contributed by atoms with E-state index in [1.807, 2.05) is 0 Å². The van der Waals surface area contributed by atoms with Gasteiger partial charge in [-0.3, -0.25) is 14.4 Å². The van der Waals surface area contributed by atoms with Gasteiger partial charge in [-0.25, -0.2) is 4.79 Å². The molecule has 7 heterocycles. The molecule has 7 saturated heterocycles. The number of hydrogen-bond donors (Lipinski definition) is 27. The van der Waals surface area contributed by atoms with Crippen molar-refractivity contribution in [1.29, 1.82) is 0 Å². The number of nitrogens with one attached hydrogen (secondary N) is 3. The maximum absolute atomic E-state index is 13.1. The quantitative estimate of drug-likeness (QED) is 0.0318. The van der Waals surface area contributed by atoms with Crippen LogP contribution in [0.2, 0.25) is 0 Å². The number of amides is 3. The molecule has 0 saturated carbocycles. The van der Waals surface area contributed by atoms with Crippen LogP contribution in [0, 0.1) is 0 Å². The fourth-order valence-corrected chi connectivity index (χ4v) is 12.7. The lowest BCUT2D eigenvalue weighted by atomic mass is 9.88. The van der Waals surface area contributed by atoms with Crippen LogP contribution >= 0.6 is 0 Å². The van der Waals surface area contributed by atoms with Crippen LogP contribution in [-0.2, 0) is 85.5 Å². The Morgan fingerprint density at radius 2 is 0.853 bits per heavy atom. The molecule has 7 aliphatic heterocycles. The van der Waals surface area contributed by atoms with E-state index in [9.17, 15) is 142 Å². The van der Waals surface area contributed by atoms with Crippen LogP contribution in [-0.4, -0.2) is 437 Å². The number of aliphatic hydroxyl groups excluding tert-OH is 23. The molecular weight excluding hydrogens is 1400 g/mol. The molecule has 102 heavy (non-hydrogen) atoms. The maximum atomic E-state index is 13.1. The molecular formula is C57H97N3O42. The van der Waals surface area contributed by atoms with E-state index < -0.39 is 321 Å². The van der Waals surface area contributed by atoms with Gasteiger partial charge in [0, 0.05) is 27.2 Å². The lowest BCUT2D eigenvalue weighted by molar-refractivity contribution is -0.415. The lowest BCUT2D eigenvalue weighted by Gasteiger charge is -2.52. The highest BCUT2D eigenvalue weighted by molar-refractivity contribution is 5.77. The van der Waals surface area contributed by atoms with Crippen molar-refractivity contribution in [2.24, 2.45) is 0 Å². The third-order valence-corrected chi connectivity index (χ3v) is 18.4. The second-order valence-electron chi connectivity index (χ2n) is 25.8. The number of carboxylic acids is 1. The second kappa shape index (κ2) is 37.0. The molecule has 7 aliphatic rings. The maximum Gasteiger partial charge on any atom is 0.364 e. The first-order valence-corrected chi connectivity index (χ1v) is 32.4. The van der Waals surface area contributed by atoms with Crippen molar-refractivity contribution < 1.29 is 208 Å². The molecule has 0 aromatic rings. The molecule has 0 unspecified atom stereocenters. The van der Waals surface area contributed by atoms with Crippen LogP contribution in [0.25, 0.3) is 0 Å². The van der Waals surface area contributed by atoms with Gasteiger partial charge in [0.2, 0.25) is 17.7 Å². The van der Waals surface area contributed by atoms with Crippen LogP contribution in [0.15, 0.2) is 0 Å². The van der Waals surface area contributed by atoms with E-state index in [0.29, 0.717) is 0 Å². The average molecular weight is 1500 g/mol. The molecule has 0 spiro atoms. The SMILES string of the molecule is CC(=O)N[C@H]1[C@@H](O[C@H]2[C@@H](O)[C@@H](CO)O[C@@H](O[C@H]3[C@@H](O)[C@@H](CO)O[C@@H](O[C@@H]([C@@H](O)[C@H](O)CO[C@]4(C(=O)O)C[C@H](O)[C@@H](NC(C)=O)[C@H]([C@H](O)[C@H](O)CO)O4)[C@H](CO)NC(C)=O)[C@@H]3O[C@@H]3O[C@@H](C)[C@@H](O)[C@@H](O)[C@@H]3O)[C@@H]2O[C@@H]2O[C@@H](C)[C@@H](O)[C@@H](O)[C@@H]2O)O[C@H](CO)[C@H](O)[C@@H]1O[C@H]1O[C@H](CO)[C@H](O)[C@H](O)[C@H]1O. The molecule has 7 rings (SSSR count). The third kappa shape index (κ3) is 19.1. The molecule has 45 nitrogen and oxygen atoms in total. The van der Waals surface area contributed by atoms with E-state index in [4.69, 9.17) is 66.3 Å². The number of aliphatic carboxylic acids is 1. The molecule has 45 heteroatoms. The molecule has 0 aromatic carbocycles. The van der Waals surface area contributed by atoms with E-state index in [1.54, 1.807) is 0 Å². The highest BCUT2D eigenvalue weighted by Crippen LogP contribution is 2.41. The molecule has 0 radical (unpaired) electrons. The van der Waals surface area contributed by atoms with Gasteiger partial charge in [0.25, 0.3) is 5.79 Å². The monoisotopic (exact) mass is 1500 g/mol. The summed E-state index contributed by atoms with van der Waals surface area (Å²) in [5.41, 5.74) is 0. The molecule has 7 fully saturated rings. The molecule has 40 atom stereocenters. The zero-order valence-electron chi connectivity index (χ0n) is 55.3. The van der Waals surface area contributed by atoms with Gasteiger partial charge in [0.1, 0.15) is 171 Å². The summed E-state index contributed by atoms with van der Waals surface area (Å²) in [5.74, 6) is -8.14. The average Bonchev–Trinajstić information content (AvgIpc) is 0.766. The van der Waals surface area contributed by atoms with Crippen LogP contribution in [0.5, 0.6) is 0 Å². The summed E-state index contributed by atoms with van der Waals surface area (Å²) >= 11 is 0. The summed E-state index contributed by atoms with van der Waals surface area (Å²) in [5, 5.41) is 272. The van der Waals surface area contributed by atoms with Gasteiger partial charge in [-0.05, 0) is 13.8 Å². The van der Waals surface area contributed by atoms with Crippen molar-refractivity contribution in [3.8, 4) is 0 Å². The zero-order chi connectivity index (χ0) is 76.0. The van der Waals surface area contributed by atoms with Gasteiger partial charge in [0.15, 0.2) is 37.7 Å². The number of ether oxygens (including phenoxy) is 14. The normalized spacial score (nSPS) is 45.4. The first-order chi connectivity index (χ1) is 47.9. The molecule has 27 N–H and O–H groups in total. The fraction of sp³-hybridized carbons (Fsp3) is 0.930. The Hall–Kier alpha value is -3.60. The number of aliphatic hydroxyl groups is 23. The van der Waals surface area contributed by atoms with Crippen molar-refractivity contribution in [2.75, 3.05) is 46.2 Å². The van der Waals surface area contributed by atoms with Gasteiger partial charge in [-0.1, -0.05) is 0 Å². The van der Waals surface area contributed by atoms with Crippen molar-refractivity contribution in [1.82, 2.24) is 16.0 Å². The van der Waals surface area contributed by atoms with Crippen molar-refractivity contribution >= 4 is 23.7 Å². The molecule has 3 amide bonds. The standard InChI is InChI=1S/C57H97N3O42/c1-14-29(73)37(81)40(84)51(90-14)100-48-46(98-50-28(60-18(5)69)44(34(78)24(10-64)92-50)97-53-42(86)39(83)33(77)23(9-63)93-53)35(79)25(11-65)95-55(48)99-47-36(80)26(12-66)94-54(49(47)101-52-41(85)38(82)30(74)15(2)91-52)96-43(19(7-61)58-16(3)67)32(76)22(72)13-89-57(56(87)88)6-20(70)27(59-17(4)68)45(102-57)31(75)21(71)8-62/h14-15,19-55,61-66,70-86H,6-13H2,1-5H3,(H,58,67)(H,59,68)(H,60,69)(H,87,88)/t14-,15-,19-,20-,21+,22+,23+,24+,25+,26+,27+,28+,29+,30+,31+,32-,33-,34-,35-,36-,37+,38+,39-,40-,41-,42+,43+,44+,45+,46-,47-,48+,49+,50+,51-,52-,53+,54-,55-,57+/m0/s1. The summed E-state index contributed by atoms with van der Waals surface area (Å²) < 4.78 is 83.6. The predicted octanol–water partition coefficient (Wildman–Crippen LogP) is -17.1. The van der Waals surface area contributed by atoms with Crippen molar-refractivity contribution in [3.63, 3.8) is 0 Å².